The molecule has 3 N–H and O–H groups in total. The minimum atomic E-state index is -0.137. The molecule has 0 fully saturated rings. The van der Waals surface area contributed by atoms with Crippen LogP contribution in [0.2, 0.25) is 0 Å². The SMILES string of the molecule is CN(C)c1ccc(-c2nc(-c3ccccc3)n(Cc3ccc(C(=O)NCCOCCOCCN)cc3)c2-c2ccc(N(C)C)cc2)cc1. The van der Waals surface area contributed by atoms with Crippen molar-refractivity contribution in [3.05, 3.63) is 114 Å². The van der Waals surface area contributed by atoms with Crippen molar-refractivity contribution >= 4 is 17.3 Å². The van der Waals surface area contributed by atoms with E-state index in [4.69, 9.17) is 20.2 Å². The molecule has 0 spiro atoms. The first kappa shape index (κ1) is 34.4. The Morgan fingerprint density at radius 3 is 1.88 bits per heavy atom. The third-order valence-corrected chi connectivity index (χ3v) is 8.04. The van der Waals surface area contributed by atoms with Crippen molar-refractivity contribution in [2.45, 2.75) is 6.54 Å². The summed E-state index contributed by atoms with van der Waals surface area (Å²) in [6.45, 7) is 3.36. The molecule has 5 rings (SSSR count). The summed E-state index contributed by atoms with van der Waals surface area (Å²) >= 11 is 0. The van der Waals surface area contributed by atoms with Gasteiger partial charge in [0, 0.05) is 81.5 Å². The van der Waals surface area contributed by atoms with Crippen molar-refractivity contribution in [1.82, 2.24) is 14.9 Å². The fourth-order valence-corrected chi connectivity index (χ4v) is 5.43. The Hall–Kier alpha value is -4.96. The van der Waals surface area contributed by atoms with Gasteiger partial charge < -0.3 is 34.9 Å². The normalized spacial score (nSPS) is 11.0. The van der Waals surface area contributed by atoms with Crippen LogP contribution in [0.4, 0.5) is 11.4 Å². The molecule has 9 heteroatoms. The van der Waals surface area contributed by atoms with E-state index in [0.29, 0.717) is 51.6 Å². The molecule has 0 saturated heterocycles. The highest BCUT2D eigenvalue weighted by molar-refractivity contribution is 5.94. The van der Waals surface area contributed by atoms with Crippen LogP contribution < -0.4 is 20.9 Å². The average molecular weight is 647 g/mol. The van der Waals surface area contributed by atoms with Crippen LogP contribution in [-0.4, -0.2) is 83.2 Å². The molecular weight excluding hydrogens is 600 g/mol. The van der Waals surface area contributed by atoms with Crippen molar-refractivity contribution in [1.29, 1.82) is 0 Å². The van der Waals surface area contributed by atoms with Gasteiger partial charge in [0.15, 0.2) is 0 Å². The van der Waals surface area contributed by atoms with Gasteiger partial charge in [-0.1, -0.05) is 66.7 Å². The highest BCUT2D eigenvalue weighted by Gasteiger charge is 2.22. The predicted octanol–water partition coefficient (Wildman–Crippen LogP) is 5.79. The van der Waals surface area contributed by atoms with Crippen LogP contribution in [0.3, 0.4) is 0 Å². The number of nitrogens with two attached hydrogens (primary N) is 1. The van der Waals surface area contributed by atoms with Gasteiger partial charge in [0.2, 0.25) is 0 Å². The van der Waals surface area contributed by atoms with Gasteiger partial charge in [0.25, 0.3) is 5.91 Å². The molecule has 0 aliphatic carbocycles. The van der Waals surface area contributed by atoms with Gasteiger partial charge >= 0.3 is 0 Å². The predicted molar refractivity (Wildman–Crippen MR) is 196 cm³/mol. The highest BCUT2D eigenvalue weighted by atomic mass is 16.5. The summed E-state index contributed by atoms with van der Waals surface area (Å²) in [6, 6.07) is 35.2. The molecule has 0 unspecified atom stereocenters. The van der Waals surface area contributed by atoms with Crippen molar-refractivity contribution in [3.63, 3.8) is 0 Å². The molecular formula is C39H46N6O3. The number of amides is 1. The molecule has 4 aromatic carbocycles. The molecule has 0 saturated carbocycles. The largest absolute Gasteiger partial charge is 0.378 e. The summed E-state index contributed by atoms with van der Waals surface area (Å²) in [6.07, 6.45) is 0. The Kier molecular flexibility index (Phi) is 12.0. The maximum atomic E-state index is 12.8. The zero-order valence-corrected chi connectivity index (χ0v) is 28.4. The lowest BCUT2D eigenvalue weighted by atomic mass is 10.0. The van der Waals surface area contributed by atoms with Gasteiger partial charge in [-0.3, -0.25) is 4.79 Å². The summed E-state index contributed by atoms with van der Waals surface area (Å²) in [5, 5.41) is 2.93. The van der Waals surface area contributed by atoms with E-state index in [9.17, 15) is 4.79 Å². The van der Waals surface area contributed by atoms with Crippen LogP contribution in [-0.2, 0) is 16.0 Å². The maximum absolute atomic E-state index is 12.8. The maximum Gasteiger partial charge on any atom is 0.251 e. The summed E-state index contributed by atoms with van der Waals surface area (Å²) in [7, 11) is 8.18. The summed E-state index contributed by atoms with van der Waals surface area (Å²) in [4.78, 5) is 22.4. The Morgan fingerprint density at radius 1 is 0.708 bits per heavy atom. The second-order valence-corrected chi connectivity index (χ2v) is 11.9. The minimum Gasteiger partial charge on any atom is -0.378 e. The molecule has 0 bridgehead atoms. The van der Waals surface area contributed by atoms with E-state index >= 15 is 0 Å². The number of ether oxygens (including phenoxy) is 2. The van der Waals surface area contributed by atoms with E-state index in [1.54, 1.807) is 0 Å². The number of carbonyl (C=O) groups excluding carboxylic acids is 1. The van der Waals surface area contributed by atoms with Gasteiger partial charge in [-0.2, -0.15) is 0 Å². The van der Waals surface area contributed by atoms with Crippen LogP contribution in [0.15, 0.2) is 103 Å². The quantitative estimate of drug-likeness (QED) is 0.131. The first-order chi connectivity index (χ1) is 23.4. The lowest BCUT2D eigenvalue weighted by Gasteiger charge is -2.16. The van der Waals surface area contributed by atoms with Crippen LogP contribution in [0.5, 0.6) is 0 Å². The number of imidazole rings is 1. The Morgan fingerprint density at radius 2 is 1.29 bits per heavy atom. The van der Waals surface area contributed by atoms with Crippen LogP contribution in [0, 0.1) is 0 Å². The average Bonchev–Trinajstić information content (AvgIpc) is 3.49. The lowest BCUT2D eigenvalue weighted by Crippen LogP contribution is -2.27. The molecule has 1 amide bonds. The molecule has 48 heavy (non-hydrogen) atoms. The van der Waals surface area contributed by atoms with E-state index < -0.39 is 0 Å². The zero-order chi connectivity index (χ0) is 33.9. The molecule has 0 aliphatic heterocycles. The molecule has 9 nitrogen and oxygen atoms in total. The van der Waals surface area contributed by atoms with Crippen LogP contribution in [0.25, 0.3) is 33.9 Å². The Balaban J connectivity index is 1.45. The summed E-state index contributed by atoms with van der Waals surface area (Å²) < 4.78 is 13.1. The van der Waals surface area contributed by atoms with Gasteiger partial charge in [-0.05, 0) is 42.0 Å². The van der Waals surface area contributed by atoms with E-state index in [1.807, 2.05) is 70.7 Å². The molecule has 0 radical (unpaired) electrons. The number of rotatable bonds is 16. The smallest absolute Gasteiger partial charge is 0.251 e. The highest BCUT2D eigenvalue weighted by Crippen LogP contribution is 2.38. The van der Waals surface area contributed by atoms with Crippen molar-refractivity contribution < 1.29 is 14.3 Å². The molecule has 1 heterocycles. The summed E-state index contributed by atoms with van der Waals surface area (Å²) in [5.41, 5.74) is 14.4. The van der Waals surface area contributed by atoms with E-state index in [1.165, 1.54) is 0 Å². The van der Waals surface area contributed by atoms with Gasteiger partial charge in [0.1, 0.15) is 5.82 Å². The lowest BCUT2D eigenvalue weighted by molar-refractivity contribution is 0.0511. The Bertz CT molecular complexity index is 1730. The first-order valence-corrected chi connectivity index (χ1v) is 16.3. The van der Waals surface area contributed by atoms with Crippen LogP contribution >= 0.6 is 0 Å². The topological polar surface area (TPSA) is 97.9 Å². The number of hydrogen-bond acceptors (Lipinski definition) is 7. The molecule has 0 aliphatic rings. The van der Waals surface area contributed by atoms with Crippen LogP contribution in [0.1, 0.15) is 15.9 Å². The Labute approximate surface area is 283 Å². The van der Waals surface area contributed by atoms with E-state index in [-0.39, 0.29) is 5.91 Å². The number of nitrogens with zero attached hydrogens (tertiary/aromatic N) is 4. The van der Waals surface area contributed by atoms with Crippen molar-refractivity contribution in [2.75, 3.05) is 77.5 Å². The fourth-order valence-electron chi connectivity index (χ4n) is 5.43. The van der Waals surface area contributed by atoms with Gasteiger partial charge in [-0.15, -0.1) is 0 Å². The van der Waals surface area contributed by atoms with Gasteiger partial charge in [0.05, 0.1) is 37.8 Å². The molecule has 5 aromatic rings. The standard InChI is InChI=1S/C39H46N6O3/c1-43(2)34-18-14-30(15-19-34)36-37(31-16-20-35(21-17-31)44(3)4)45(38(42-36)32-8-6-5-7-9-32)28-29-10-12-33(13-11-29)39(46)41-23-25-48-27-26-47-24-22-40/h5-21H,22-28,40H2,1-4H3,(H,41,46). The van der Waals surface area contributed by atoms with Crippen molar-refractivity contribution in [3.8, 4) is 33.9 Å². The van der Waals surface area contributed by atoms with Gasteiger partial charge in [-0.25, -0.2) is 4.98 Å². The van der Waals surface area contributed by atoms with Crippen molar-refractivity contribution in [2.24, 2.45) is 5.73 Å². The molecule has 250 valence electrons. The third kappa shape index (κ3) is 8.68. The number of nitrogens with one attached hydrogen (secondary N) is 1. The first-order valence-electron chi connectivity index (χ1n) is 16.3. The second kappa shape index (κ2) is 16.7. The third-order valence-electron chi connectivity index (χ3n) is 8.04. The summed E-state index contributed by atoms with van der Waals surface area (Å²) in [5.74, 6) is 0.742. The second-order valence-electron chi connectivity index (χ2n) is 11.9. The van der Waals surface area contributed by atoms with E-state index in [0.717, 1.165) is 50.8 Å². The number of carbonyl (C=O) groups is 1. The molecule has 1 aromatic heterocycles. The minimum absolute atomic E-state index is 0.137. The monoisotopic (exact) mass is 646 g/mol. The number of benzene rings is 4. The fraction of sp³-hybridized carbons (Fsp3) is 0.282. The number of aromatic nitrogens is 2. The molecule has 0 atom stereocenters. The van der Waals surface area contributed by atoms with E-state index in [2.05, 4.69) is 80.3 Å². The zero-order valence-electron chi connectivity index (χ0n) is 28.4. The number of hydrogen-bond donors (Lipinski definition) is 2. The number of anilines is 2.